The van der Waals surface area contributed by atoms with E-state index in [0.29, 0.717) is 37.7 Å². The number of hydrogen-bond donors (Lipinski definition) is 0. The van der Waals surface area contributed by atoms with Crippen LogP contribution in [-0.2, 0) is 9.53 Å². The van der Waals surface area contributed by atoms with Crippen molar-refractivity contribution >= 4 is 28.9 Å². The normalized spacial score (nSPS) is 17.3. The molecule has 2 amide bonds. The number of rotatable bonds is 10. The molecule has 1 aromatic heterocycles. The highest BCUT2D eigenvalue weighted by molar-refractivity contribution is 7.12. The van der Waals surface area contributed by atoms with Crippen molar-refractivity contribution in [1.29, 1.82) is 0 Å². The number of hydrazone groups is 1. The molecule has 11 heteroatoms. The Labute approximate surface area is 242 Å². The summed E-state index contributed by atoms with van der Waals surface area (Å²) in [6.45, 7) is 3.25. The third-order valence-corrected chi connectivity index (χ3v) is 8.19. The summed E-state index contributed by atoms with van der Waals surface area (Å²) in [5.74, 6) is -0.388. The molecule has 5 rings (SSSR count). The summed E-state index contributed by atoms with van der Waals surface area (Å²) in [6.07, 6.45) is 0.497. The fourth-order valence-corrected chi connectivity index (χ4v) is 5.75. The van der Waals surface area contributed by atoms with Crippen molar-refractivity contribution in [3.63, 3.8) is 0 Å². The fourth-order valence-electron chi connectivity index (χ4n) is 5.03. The van der Waals surface area contributed by atoms with Crippen molar-refractivity contribution in [2.75, 3.05) is 60.2 Å². The minimum Gasteiger partial charge on any atom is -0.493 e. The number of halogens is 1. The zero-order chi connectivity index (χ0) is 28.8. The van der Waals surface area contributed by atoms with E-state index in [-0.39, 0.29) is 24.6 Å². The molecule has 0 N–H and O–H groups in total. The molecule has 1 fully saturated rings. The maximum absolute atomic E-state index is 14.6. The topological polar surface area (TPSA) is 83.9 Å². The number of morpholine rings is 1. The highest BCUT2D eigenvalue weighted by Crippen LogP contribution is 2.38. The largest absolute Gasteiger partial charge is 0.493 e. The minimum atomic E-state index is -0.622. The van der Waals surface area contributed by atoms with Crippen LogP contribution in [0.1, 0.15) is 33.3 Å². The molecule has 0 aliphatic carbocycles. The van der Waals surface area contributed by atoms with E-state index < -0.39 is 17.8 Å². The van der Waals surface area contributed by atoms with Crippen LogP contribution in [0.25, 0.3) is 0 Å². The number of amides is 2. The average molecular weight is 581 g/mol. The van der Waals surface area contributed by atoms with E-state index in [1.807, 2.05) is 29.6 Å². The summed E-state index contributed by atoms with van der Waals surface area (Å²) in [7, 11) is 3.13. The van der Waals surface area contributed by atoms with E-state index in [2.05, 4.69) is 4.90 Å². The Morgan fingerprint density at radius 1 is 1.07 bits per heavy atom. The summed E-state index contributed by atoms with van der Waals surface area (Å²) < 4.78 is 31.0. The maximum Gasteiger partial charge on any atom is 0.262 e. The number of carbonyl (C=O) groups is 2. The van der Waals surface area contributed by atoms with Gasteiger partial charge in [-0.2, -0.15) is 5.10 Å². The number of hydrogen-bond acceptors (Lipinski definition) is 8. The van der Waals surface area contributed by atoms with Crippen LogP contribution in [0.2, 0.25) is 0 Å². The SMILES string of the molecule is COc1ccc(C2CC(c3cccs3)=NN2C(=O)CN(CCN2CCOCC2)C(=O)c2ccccc2F)cc1OC. The van der Waals surface area contributed by atoms with Gasteiger partial charge in [0.15, 0.2) is 11.5 Å². The zero-order valence-electron chi connectivity index (χ0n) is 23.1. The Balaban J connectivity index is 1.43. The molecule has 1 atom stereocenters. The Morgan fingerprint density at radius 2 is 1.85 bits per heavy atom. The molecule has 0 spiro atoms. The Kier molecular flexibility index (Phi) is 9.28. The van der Waals surface area contributed by atoms with E-state index in [1.54, 1.807) is 37.7 Å². The molecule has 9 nitrogen and oxygen atoms in total. The summed E-state index contributed by atoms with van der Waals surface area (Å²) in [5.41, 5.74) is 1.54. The van der Waals surface area contributed by atoms with Crippen LogP contribution in [0.4, 0.5) is 4.39 Å². The molecule has 2 aliphatic rings. The van der Waals surface area contributed by atoms with E-state index in [1.165, 1.54) is 28.1 Å². The lowest BCUT2D eigenvalue weighted by molar-refractivity contribution is -0.133. The van der Waals surface area contributed by atoms with Gasteiger partial charge < -0.3 is 19.1 Å². The minimum absolute atomic E-state index is 0.0667. The van der Waals surface area contributed by atoms with Gasteiger partial charge in [-0.1, -0.05) is 24.3 Å². The number of methoxy groups -OCH3 is 2. The second kappa shape index (κ2) is 13.2. The third-order valence-electron chi connectivity index (χ3n) is 7.27. The lowest BCUT2D eigenvalue weighted by atomic mass is 10.0. The lowest BCUT2D eigenvalue weighted by Crippen LogP contribution is -2.46. The first kappa shape index (κ1) is 28.7. The van der Waals surface area contributed by atoms with Gasteiger partial charge in [0.2, 0.25) is 0 Å². The zero-order valence-corrected chi connectivity index (χ0v) is 23.9. The van der Waals surface area contributed by atoms with Crippen molar-refractivity contribution in [3.05, 3.63) is 81.8 Å². The van der Waals surface area contributed by atoms with E-state index in [4.69, 9.17) is 19.3 Å². The Morgan fingerprint density at radius 3 is 2.56 bits per heavy atom. The second-order valence-electron chi connectivity index (χ2n) is 9.76. The van der Waals surface area contributed by atoms with Crippen LogP contribution >= 0.6 is 11.3 Å². The quantitative estimate of drug-likeness (QED) is 0.360. The van der Waals surface area contributed by atoms with Gasteiger partial charge >= 0.3 is 0 Å². The van der Waals surface area contributed by atoms with Gasteiger partial charge in [-0.25, -0.2) is 9.40 Å². The van der Waals surface area contributed by atoms with Crippen molar-refractivity contribution in [2.24, 2.45) is 5.10 Å². The first-order chi connectivity index (χ1) is 20.0. The number of ether oxygens (including phenoxy) is 3. The van der Waals surface area contributed by atoms with Crippen LogP contribution in [0.15, 0.2) is 65.1 Å². The van der Waals surface area contributed by atoms with Crippen molar-refractivity contribution in [2.45, 2.75) is 12.5 Å². The number of nitrogens with zero attached hydrogens (tertiary/aromatic N) is 4. The van der Waals surface area contributed by atoms with Crippen LogP contribution < -0.4 is 9.47 Å². The molecule has 2 aromatic carbocycles. The van der Waals surface area contributed by atoms with Crippen molar-refractivity contribution < 1.29 is 28.2 Å². The van der Waals surface area contributed by atoms with E-state index >= 15 is 0 Å². The van der Waals surface area contributed by atoms with Gasteiger partial charge in [0.05, 0.1) is 49.6 Å². The first-order valence-corrected chi connectivity index (χ1v) is 14.4. The molecule has 3 heterocycles. The predicted molar refractivity (Wildman–Crippen MR) is 154 cm³/mol. The van der Waals surface area contributed by atoms with Crippen LogP contribution in [-0.4, -0.2) is 92.5 Å². The van der Waals surface area contributed by atoms with E-state index in [0.717, 1.165) is 29.2 Å². The van der Waals surface area contributed by atoms with Crippen molar-refractivity contribution in [1.82, 2.24) is 14.8 Å². The molecule has 2 aliphatic heterocycles. The van der Waals surface area contributed by atoms with Gasteiger partial charge in [0, 0.05) is 32.6 Å². The summed E-state index contributed by atoms with van der Waals surface area (Å²) >= 11 is 1.55. The number of benzene rings is 2. The molecule has 0 bridgehead atoms. The smallest absolute Gasteiger partial charge is 0.262 e. The van der Waals surface area contributed by atoms with Crippen molar-refractivity contribution in [3.8, 4) is 11.5 Å². The maximum atomic E-state index is 14.6. The number of carbonyl (C=O) groups excluding carboxylic acids is 2. The van der Waals surface area contributed by atoms with Gasteiger partial charge in [0.1, 0.15) is 12.4 Å². The third kappa shape index (κ3) is 6.58. The molecule has 3 aromatic rings. The van der Waals surface area contributed by atoms with Crippen LogP contribution in [0.5, 0.6) is 11.5 Å². The standard InChI is InChI=1S/C30H33FN4O5S/c1-38-26-10-9-21(18-27(26)39-2)25-19-24(28-8-5-17-41-28)32-35(25)29(36)20-34(12-11-33-13-15-40-16-14-33)30(37)22-6-3-4-7-23(22)31/h3-10,17-18,25H,11-16,19-20H2,1-2H3. The van der Waals surface area contributed by atoms with E-state index in [9.17, 15) is 14.0 Å². The summed E-state index contributed by atoms with van der Waals surface area (Å²) in [4.78, 5) is 32.1. The molecular formula is C30H33FN4O5S. The molecule has 0 saturated carbocycles. The average Bonchev–Trinajstić information content (AvgIpc) is 3.70. The lowest BCUT2D eigenvalue weighted by Gasteiger charge is -2.31. The molecule has 216 valence electrons. The van der Waals surface area contributed by atoms with Gasteiger partial charge in [-0.15, -0.1) is 11.3 Å². The first-order valence-electron chi connectivity index (χ1n) is 13.5. The fraction of sp³-hybridized carbons (Fsp3) is 0.367. The second-order valence-corrected chi connectivity index (χ2v) is 10.7. The highest BCUT2D eigenvalue weighted by Gasteiger charge is 2.35. The highest BCUT2D eigenvalue weighted by atomic mass is 32.1. The monoisotopic (exact) mass is 580 g/mol. The van der Waals surface area contributed by atoms with Gasteiger partial charge in [-0.05, 0) is 41.3 Å². The Bertz CT molecular complexity index is 1390. The molecule has 41 heavy (non-hydrogen) atoms. The number of thiophene rings is 1. The molecule has 1 saturated heterocycles. The predicted octanol–water partition coefficient (Wildman–Crippen LogP) is 4.06. The van der Waals surface area contributed by atoms with Crippen LogP contribution in [0.3, 0.4) is 0 Å². The van der Waals surface area contributed by atoms with Gasteiger partial charge in [0.25, 0.3) is 11.8 Å². The summed E-state index contributed by atoms with van der Waals surface area (Å²) in [6, 6.07) is 14.9. The molecular weight excluding hydrogens is 547 g/mol. The van der Waals surface area contributed by atoms with Gasteiger partial charge in [-0.3, -0.25) is 14.5 Å². The Hall–Kier alpha value is -3.80. The molecule has 1 unspecified atom stereocenters. The summed E-state index contributed by atoms with van der Waals surface area (Å²) in [5, 5.41) is 8.16. The molecule has 0 radical (unpaired) electrons. The van der Waals surface area contributed by atoms with Crippen LogP contribution in [0, 0.1) is 5.82 Å².